The van der Waals surface area contributed by atoms with Gasteiger partial charge in [0.2, 0.25) is 0 Å². The zero-order valence-electron chi connectivity index (χ0n) is 17.7. The third kappa shape index (κ3) is 6.13. The molecule has 1 unspecified atom stereocenters. The van der Waals surface area contributed by atoms with Gasteiger partial charge < -0.3 is 16.2 Å². The molecule has 0 saturated carbocycles. The number of phenols is 1. The molecule has 0 aliphatic heterocycles. The standard InChI is InChI=1S/C23H22F3N3O4S/c24-23(25,26)18-8-6-16(7-9-18)15-2-4-17(5-3-15)22(31)28-19-10-11-21(30)20(14-19)29(34(32)33)13-1-12-27/h2-11,14,30H,1,12-13,27H2,(H,28,31)(H,32,33). The molecule has 0 aromatic heterocycles. The first-order chi connectivity index (χ1) is 16.1. The van der Waals surface area contributed by atoms with Crippen LogP contribution >= 0.6 is 0 Å². The Morgan fingerprint density at radius 1 is 1.00 bits per heavy atom. The van der Waals surface area contributed by atoms with Gasteiger partial charge in [0.1, 0.15) is 5.75 Å². The van der Waals surface area contributed by atoms with Gasteiger partial charge in [-0.1, -0.05) is 24.3 Å². The lowest BCUT2D eigenvalue weighted by Crippen LogP contribution is -2.28. The molecule has 1 atom stereocenters. The summed E-state index contributed by atoms with van der Waals surface area (Å²) < 4.78 is 60.5. The highest BCUT2D eigenvalue weighted by Gasteiger charge is 2.30. The maximum atomic E-state index is 12.7. The number of halogens is 3. The molecular weight excluding hydrogens is 471 g/mol. The molecule has 0 saturated heterocycles. The van der Waals surface area contributed by atoms with Gasteiger partial charge in [-0.05, 0) is 66.6 Å². The zero-order valence-corrected chi connectivity index (χ0v) is 18.6. The normalized spacial score (nSPS) is 12.3. The van der Waals surface area contributed by atoms with E-state index >= 15 is 0 Å². The Hall–Kier alpha value is -3.41. The average Bonchev–Trinajstić information content (AvgIpc) is 2.80. The topological polar surface area (TPSA) is 116 Å². The van der Waals surface area contributed by atoms with E-state index < -0.39 is 28.9 Å². The van der Waals surface area contributed by atoms with Crippen molar-refractivity contribution in [3.8, 4) is 16.9 Å². The third-order valence-corrected chi connectivity index (χ3v) is 5.70. The summed E-state index contributed by atoms with van der Waals surface area (Å²) in [6.45, 7) is 0.406. The molecule has 0 fully saturated rings. The lowest BCUT2D eigenvalue weighted by molar-refractivity contribution is -0.137. The Morgan fingerprint density at radius 3 is 2.12 bits per heavy atom. The number of anilines is 2. The van der Waals surface area contributed by atoms with E-state index in [0.29, 0.717) is 17.5 Å². The molecular formula is C23H22F3N3O4S. The predicted octanol–water partition coefficient (Wildman–Crippen LogP) is 4.62. The fraction of sp³-hybridized carbons (Fsp3) is 0.174. The van der Waals surface area contributed by atoms with Crippen LogP contribution in [0.4, 0.5) is 24.5 Å². The number of phenolic OH excluding ortho intramolecular Hbond substituents is 1. The SMILES string of the molecule is NCCCN(c1cc(NC(=O)c2ccc(-c3ccc(C(F)(F)F)cc3)cc2)ccc1O)S(=O)O. The number of hydrogen-bond donors (Lipinski definition) is 4. The maximum Gasteiger partial charge on any atom is 0.416 e. The molecule has 3 aromatic carbocycles. The number of hydrogen-bond acceptors (Lipinski definition) is 4. The maximum absolute atomic E-state index is 12.7. The minimum atomic E-state index is -4.41. The van der Waals surface area contributed by atoms with Gasteiger partial charge in [0.05, 0.1) is 11.3 Å². The molecule has 1 amide bonds. The zero-order chi connectivity index (χ0) is 24.9. The molecule has 180 valence electrons. The van der Waals surface area contributed by atoms with E-state index in [0.717, 1.165) is 16.4 Å². The number of alkyl halides is 3. The number of carbonyl (C=O) groups is 1. The van der Waals surface area contributed by atoms with Gasteiger partial charge >= 0.3 is 6.18 Å². The second kappa shape index (κ2) is 10.7. The largest absolute Gasteiger partial charge is 0.506 e. The predicted molar refractivity (Wildman–Crippen MR) is 125 cm³/mol. The number of carbonyl (C=O) groups excluding carboxylic acids is 1. The first-order valence-corrected chi connectivity index (χ1v) is 11.2. The van der Waals surface area contributed by atoms with E-state index in [4.69, 9.17) is 5.73 Å². The number of nitrogens with two attached hydrogens (primary N) is 1. The summed E-state index contributed by atoms with van der Waals surface area (Å²) in [6.07, 6.45) is -4.00. The van der Waals surface area contributed by atoms with Crippen LogP contribution in [0.3, 0.4) is 0 Å². The third-order valence-electron chi connectivity index (χ3n) is 4.95. The fourth-order valence-corrected chi connectivity index (χ4v) is 3.79. The van der Waals surface area contributed by atoms with Crippen LogP contribution in [0, 0.1) is 0 Å². The Labute approximate surface area is 196 Å². The summed E-state index contributed by atoms with van der Waals surface area (Å²) in [4.78, 5) is 12.7. The van der Waals surface area contributed by atoms with Crippen molar-refractivity contribution in [2.75, 3.05) is 22.7 Å². The van der Waals surface area contributed by atoms with Gasteiger partial charge in [0, 0.05) is 17.8 Å². The Bertz CT molecular complexity index is 1170. The van der Waals surface area contributed by atoms with E-state index in [2.05, 4.69) is 5.32 Å². The summed E-state index contributed by atoms with van der Waals surface area (Å²) in [5.41, 5.74) is 6.55. The number of rotatable bonds is 8. The van der Waals surface area contributed by atoms with E-state index in [1.807, 2.05) is 0 Å². The molecule has 0 bridgehead atoms. The van der Waals surface area contributed by atoms with Crippen molar-refractivity contribution in [3.63, 3.8) is 0 Å². The first-order valence-electron chi connectivity index (χ1n) is 10.1. The van der Waals surface area contributed by atoms with Gasteiger partial charge in [0.25, 0.3) is 17.2 Å². The van der Waals surface area contributed by atoms with E-state index in [-0.39, 0.29) is 35.8 Å². The molecule has 5 N–H and O–H groups in total. The lowest BCUT2D eigenvalue weighted by atomic mass is 10.0. The van der Waals surface area contributed by atoms with Crippen LogP contribution in [0.25, 0.3) is 11.1 Å². The highest BCUT2D eigenvalue weighted by atomic mass is 32.2. The molecule has 0 aliphatic rings. The molecule has 0 spiro atoms. The highest BCUT2D eigenvalue weighted by Crippen LogP contribution is 2.32. The van der Waals surface area contributed by atoms with Crippen LogP contribution in [0.15, 0.2) is 66.7 Å². The van der Waals surface area contributed by atoms with Crippen molar-refractivity contribution >= 4 is 28.5 Å². The van der Waals surface area contributed by atoms with Gasteiger partial charge in [-0.25, -0.2) is 4.21 Å². The average molecular weight is 494 g/mol. The smallest absolute Gasteiger partial charge is 0.416 e. The van der Waals surface area contributed by atoms with Crippen molar-refractivity contribution < 1.29 is 31.8 Å². The van der Waals surface area contributed by atoms with Crippen LogP contribution < -0.4 is 15.4 Å². The molecule has 11 heteroatoms. The second-order valence-electron chi connectivity index (χ2n) is 7.29. The molecule has 34 heavy (non-hydrogen) atoms. The van der Waals surface area contributed by atoms with E-state index in [1.54, 1.807) is 12.1 Å². The van der Waals surface area contributed by atoms with Gasteiger partial charge in [-0.3, -0.25) is 13.7 Å². The van der Waals surface area contributed by atoms with Crippen LogP contribution in [-0.4, -0.2) is 32.9 Å². The molecule has 7 nitrogen and oxygen atoms in total. The number of benzene rings is 3. The monoisotopic (exact) mass is 493 g/mol. The number of nitrogens with one attached hydrogen (secondary N) is 1. The Kier molecular flexibility index (Phi) is 7.92. The number of aromatic hydroxyl groups is 1. The van der Waals surface area contributed by atoms with Crippen molar-refractivity contribution in [1.82, 2.24) is 0 Å². The summed E-state index contributed by atoms with van der Waals surface area (Å²) in [5.74, 6) is -0.715. The van der Waals surface area contributed by atoms with Crippen LogP contribution in [0.1, 0.15) is 22.3 Å². The van der Waals surface area contributed by atoms with Crippen molar-refractivity contribution in [2.24, 2.45) is 5.73 Å². The summed E-state index contributed by atoms with van der Waals surface area (Å²) in [6, 6.07) is 15.1. The minimum absolute atomic E-state index is 0.0599. The molecule has 0 radical (unpaired) electrons. The first kappa shape index (κ1) is 25.2. The van der Waals surface area contributed by atoms with Crippen molar-refractivity contribution in [2.45, 2.75) is 12.6 Å². The van der Waals surface area contributed by atoms with Crippen molar-refractivity contribution in [3.05, 3.63) is 77.9 Å². The summed E-state index contributed by atoms with van der Waals surface area (Å²) in [7, 11) is 0. The van der Waals surface area contributed by atoms with Crippen LogP contribution in [0.2, 0.25) is 0 Å². The Morgan fingerprint density at radius 2 is 1.59 bits per heavy atom. The molecule has 3 rings (SSSR count). The highest BCUT2D eigenvalue weighted by molar-refractivity contribution is 7.80. The van der Waals surface area contributed by atoms with Gasteiger partial charge in [-0.15, -0.1) is 0 Å². The molecule has 3 aromatic rings. The van der Waals surface area contributed by atoms with Gasteiger partial charge in [-0.2, -0.15) is 13.2 Å². The van der Waals surface area contributed by atoms with E-state index in [1.165, 1.54) is 42.5 Å². The lowest BCUT2D eigenvalue weighted by Gasteiger charge is -2.21. The van der Waals surface area contributed by atoms with E-state index in [9.17, 15) is 31.8 Å². The van der Waals surface area contributed by atoms with Crippen molar-refractivity contribution in [1.29, 1.82) is 0 Å². The van der Waals surface area contributed by atoms with Crippen LogP contribution in [0.5, 0.6) is 5.75 Å². The minimum Gasteiger partial charge on any atom is -0.506 e. The van der Waals surface area contributed by atoms with Crippen LogP contribution in [-0.2, 0) is 17.4 Å². The number of amides is 1. The Balaban J connectivity index is 1.75. The summed E-state index contributed by atoms with van der Waals surface area (Å²) in [5, 5.41) is 12.8. The molecule has 0 heterocycles. The summed E-state index contributed by atoms with van der Waals surface area (Å²) >= 11 is -2.41. The second-order valence-corrected chi connectivity index (χ2v) is 8.19. The number of nitrogens with zero attached hydrogens (tertiary/aromatic N) is 1. The quantitative estimate of drug-likeness (QED) is 0.270. The fourth-order valence-electron chi connectivity index (χ4n) is 3.19. The molecule has 0 aliphatic carbocycles. The van der Waals surface area contributed by atoms with Gasteiger partial charge in [0.15, 0.2) is 0 Å².